The largest absolute Gasteiger partial charge is 0.453 e. The van der Waals surface area contributed by atoms with E-state index in [9.17, 15) is 9.59 Å². The van der Waals surface area contributed by atoms with Crippen LogP contribution in [-0.4, -0.2) is 30.1 Å². The fourth-order valence-electron chi connectivity index (χ4n) is 1.76. The molecule has 6 nitrogen and oxygen atoms in total. The second kappa shape index (κ2) is 7.47. The molecule has 0 aromatic carbocycles. The van der Waals surface area contributed by atoms with Crippen LogP contribution in [0, 0.1) is 12.8 Å². The number of anilines is 1. The summed E-state index contributed by atoms with van der Waals surface area (Å²) in [5.41, 5.74) is 1.46. The van der Waals surface area contributed by atoms with Gasteiger partial charge in [-0.2, -0.15) is 0 Å². The maximum absolute atomic E-state index is 12.2. The molecule has 1 unspecified atom stereocenters. The zero-order chi connectivity index (χ0) is 15.1. The molecule has 0 saturated heterocycles. The highest BCUT2D eigenvalue weighted by molar-refractivity contribution is 5.96. The molecule has 1 rings (SSSR count). The third-order valence-electron chi connectivity index (χ3n) is 2.67. The molecule has 2 N–H and O–H groups in total. The lowest BCUT2D eigenvalue weighted by Gasteiger charge is -2.19. The van der Waals surface area contributed by atoms with Crippen LogP contribution in [0.15, 0.2) is 18.3 Å². The summed E-state index contributed by atoms with van der Waals surface area (Å²) in [7, 11) is 1.27. The van der Waals surface area contributed by atoms with Gasteiger partial charge >= 0.3 is 6.09 Å². The number of aromatic nitrogens is 1. The average Bonchev–Trinajstić information content (AvgIpc) is 2.37. The number of pyridine rings is 1. The fraction of sp³-hybridized carbons (Fsp3) is 0.500. The highest BCUT2D eigenvalue weighted by atomic mass is 16.5. The molecule has 0 radical (unpaired) electrons. The number of nitrogens with one attached hydrogen (secondary N) is 2. The molecule has 110 valence electrons. The molecule has 0 spiro atoms. The number of alkyl carbamates (subject to hydrolysis) is 1. The van der Waals surface area contributed by atoms with Crippen LogP contribution < -0.4 is 10.6 Å². The monoisotopic (exact) mass is 279 g/mol. The second-order valence-corrected chi connectivity index (χ2v) is 4.99. The van der Waals surface area contributed by atoms with Crippen molar-refractivity contribution in [2.24, 2.45) is 5.92 Å². The van der Waals surface area contributed by atoms with Gasteiger partial charge in [0.05, 0.1) is 7.11 Å². The van der Waals surface area contributed by atoms with Gasteiger partial charge in [-0.3, -0.25) is 9.78 Å². The quantitative estimate of drug-likeness (QED) is 0.865. The highest BCUT2D eigenvalue weighted by Crippen LogP contribution is 2.11. The van der Waals surface area contributed by atoms with E-state index in [1.807, 2.05) is 20.8 Å². The zero-order valence-corrected chi connectivity index (χ0v) is 12.3. The third-order valence-corrected chi connectivity index (χ3v) is 2.67. The van der Waals surface area contributed by atoms with Gasteiger partial charge in [-0.15, -0.1) is 0 Å². The Labute approximate surface area is 118 Å². The highest BCUT2D eigenvalue weighted by Gasteiger charge is 2.22. The second-order valence-electron chi connectivity index (χ2n) is 4.99. The number of carbonyl (C=O) groups is 2. The molecular weight excluding hydrogens is 258 g/mol. The lowest BCUT2D eigenvalue weighted by Crippen LogP contribution is -2.44. The molecule has 0 aliphatic rings. The Bertz CT molecular complexity index is 474. The van der Waals surface area contributed by atoms with Crippen molar-refractivity contribution in [1.82, 2.24) is 10.3 Å². The molecule has 0 bridgehead atoms. The number of aryl methyl sites for hydroxylation is 1. The summed E-state index contributed by atoms with van der Waals surface area (Å²) in [4.78, 5) is 27.6. The van der Waals surface area contributed by atoms with Crippen molar-refractivity contribution in [2.75, 3.05) is 12.4 Å². The topological polar surface area (TPSA) is 80.3 Å². The van der Waals surface area contributed by atoms with Gasteiger partial charge in [-0.25, -0.2) is 4.79 Å². The van der Waals surface area contributed by atoms with Gasteiger partial charge < -0.3 is 15.4 Å². The van der Waals surface area contributed by atoms with E-state index in [1.165, 1.54) is 7.11 Å². The number of nitrogens with zero attached hydrogens (tertiary/aromatic N) is 1. The number of hydrogen-bond acceptors (Lipinski definition) is 4. The molecule has 0 saturated carbocycles. The predicted octanol–water partition coefficient (Wildman–Crippen LogP) is 2.10. The van der Waals surface area contributed by atoms with Crippen molar-refractivity contribution in [2.45, 2.75) is 33.2 Å². The molecule has 2 amide bonds. The molecule has 1 heterocycles. The van der Waals surface area contributed by atoms with E-state index in [0.717, 1.165) is 5.69 Å². The number of carbonyl (C=O) groups excluding carboxylic acids is 2. The van der Waals surface area contributed by atoms with Crippen LogP contribution in [0.5, 0.6) is 0 Å². The van der Waals surface area contributed by atoms with Crippen molar-refractivity contribution in [1.29, 1.82) is 0 Å². The van der Waals surface area contributed by atoms with E-state index in [0.29, 0.717) is 12.1 Å². The number of amides is 2. The average molecular weight is 279 g/mol. The van der Waals surface area contributed by atoms with Gasteiger partial charge in [-0.05, 0) is 31.4 Å². The van der Waals surface area contributed by atoms with Crippen LogP contribution in [0.4, 0.5) is 10.5 Å². The summed E-state index contributed by atoms with van der Waals surface area (Å²) in [6.45, 7) is 5.81. The van der Waals surface area contributed by atoms with Crippen LogP contribution in [-0.2, 0) is 9.53 Å². The number of rotatable bonds is 5. The van der Waals surface area contributed by atoms with E-state index >= 15 is 0 Å². The summed E-state index contributed by atoms with van der Waals surface area (Å²) in [6, 6.07) is 2.84. The summed E-state index contributed by atoms with van der Waals surface area (Å²) < 4.78 is 4.54. The first-order valence-corrected chi connectivity index (χ1v) is 6.50. The smallest absolute Gasteiger partial charge is 0.407 e. The molecule has 6 heteroatoms. The number of ether oxygens (including phenoxy) is 1. The van der Waals surface area contributed by atoms with Gasteiger partial charge in [0.25, 0.3) is 0 Å². The van der Waals surface area contributed by atoms with Gasteiger partial charge in [0.15, 0.2) is 0 Å². The van der Waals surface area contributed by atoms with Crippen LogP contribution >= 0.6 is 0 Å². The Morgan fingerprint density at radius 1 is 1.40 bits per heavy atom. The van der Waals surface area contributed by atoms with Crippen LogP contribution in [0.2, 0.25) is 0 Å². The Hall–Kier alpha value is -2.11. The Morgan fingerprint density at radius 3 is 2.65 bits per heavy atom. The van der Waals surface area contributed by atoms with Gasteiger partial charge in [0, 0.05) is 17.6 Å². The SMILES string of the molecule is COC(=O)NC(CC(C)C)C(=O)Nc1ccnc(C)c1. The van der Waals surface area contributed by atoms with Crippen molar-refractivity contribution in [3.8, 4) is 0 Å². The van der Waals surface area contributed by atoms with Crippen molar-refractivity contribution < 1.29 is 14.3 Å². The van der Waals surface area contributed by atoms with Gasteiger partial charge in [0.2, 0.25) is 5.91 Å². The Kier molecular flexibility index (Phi) is 5.96. The molecule has 0 aliphatic heterocycles. The van der Waals surface area contributed by atoms with Crippen LogP contribution in [0.3, 0.4) is 0 Å². The first-order valence-electron chi connectivity index (χ1n) is 6.50. The standard InChI is InChI=1S/C14H21N3O3/c1-9(2)7-12(17-14(19)20-4)13(18)16-11-5-6-15-10(3)8-11/h5-6,8-9,12H,7H2,1-4H3,(H,17,19)(H,15,16,18). The molecular formula is C14H21N3O3. The van der Waals surface area contributed by atoms with Crippen LogP contribution in [0.25, 0.3) is 0 Å². The minimum Gasteiger partial charge on any atom is -0.453 e. The minimum absolute atomic E-state index is 0.266. The predicted molar refractivity (Wildman–Crippen MR) is 76.4 cm³/mol. The minimum atomic E-state index is -0.629. The van der Waals surface area contributed by atoms with E-state index in [1.54, 1.807) is 18.3 Å². The molecule has 20 heavy (non-hydrogen) atoms. The molecule has 1 atom stereocenters. The van der Waals surface area contributed by atoms with Crippen molar-refractivity contribution in [3.05, 3.63) is 24.0 Å². The Balaban J connectivity index is 2.74. The molecule has 1 aromatic heterocycles. The number of hydrogen-bond donors (Lipinski definition) is 2. The maximum Gasteiger partial charge on any atom is 0.407 e. The summed E-state index contributed by atoms with van der Waals surface area (Å²) in [5.74, 6) is -0.00298. The molecule has 0 fully saturated rings. The zero-order valence-electron chi connectivity index (χ0n) is 12.3. The maximum atomic E-state index is 12.2. The van der Waals surface area contributed by atoms with Crippen LogP contribution in [0.1, 0.15) is 26.0 Å². The molecule has 0 aliphatic carbocycles. The van der Waals surface area contributed by atoms with E-state index in [-0.39, 0.29) is 11.8 Å². The third kappa shape index (κ3) is 5.26. The first kappa shape index (κ1) is 15.9. The Morgan fingerprint density at radius 2 is 2.10 bits per heavy atom. The lowest BCUT2D eigenvalue weighted by atomic mass is 10.0. The fourth-order valence-corrected chi connectivity index (χ4v) is 1.76. The van der Waals surface area contributed by atoms with Gasteiger partial charge in [0.1, 0.15) is 6.04 Å². The number of methoxy groups -OCH3 is 1. The van der Waals surface area contributed by atoms with Crippen molar-refractivity contribution in [3.63, 3.8) is 0 Å². The summed E-state index contributed by atoms with van der Waals surface area (Å²) in [6.07, 6.45) is 1.54. The first-order chi connectivity index (χ1) is 9.42. The molecule has 1 aromatic rings. The van der Waals surface area contributed by atoms with Gasteiger partial charge in [-0.1, -0.05) is 13.8 Å². The van der Waals surface area contributed by atoms with E-state index < -0.39 is 12.1 Å². The summed E-state index contributed by atoms with van der Waals surface area (Å²) >= 11 is 0. The van der Waals surface area contributed by atoms with E-state index in [4.69, 9.17) is 0 Å². The van der Waals surface area contributed by atoms with E-state index in [2.05, 4.69) is 20.4 Å². The summed E-state index contributed by atoms with van der Waals surface area (Å²) in [5, 5.41) is 5.31. The lowest BCUT2D eigenvalue weighted by molar-refractivity contribution is -0.118. The normalized spacial score (nSPS) is 11.8. The van der Waals surface area contributed by atoms with Crippen molar-refractivity contribution >= 4 is 17.7 Å².